The van der Waals surface area contributed by atoms with Crippen LogP contribution in [0.5, 0.6) is 5.75 Å². The summed E-state index contributed by atoms with van der Waals surface area (Å²) in [5.41, 5.74) is 1.35. The summed E-state index contributed by atoms with van der Waals surface area (Å²) in [7, 11) is 0. The molecule has 2 nitrogen and oxygen atoms in total. The number of para-hydroxylation sites is 1. The predicted molar refractivity (Wildman–Crippen MR) is 99.0 cm³/mol. The summed E-state index contributed by atoms with van der Waals surface area (Å²) >= 11 is 1.84. The minimum atomic E-state index is 0.182. The van der Waals surface area contributed by atoms with Crippen molar-refractivity contribution in [1.29, 1.82) is 0 Å². The molecule has 0 bridgehead atoms. The third-order valence-electron chi connectivity index (χ3n) is 5.16. The highest BCUT2D eigenvalue weighted by Crippen LogP contribution is 2.44. The van der Waals surface area contributed by atoms with Crippen molar-refractivity contribution in [2.75, 3.05) is 19.6 Å². The monoisotopic (exact) mass is 340 g/mol. The zero-order chi connectivity index (χ0) is 16.2. The van der Waals surface area contributed by atoms with Gasteiger partial charge in [-0.2, -0.15) is 0 Å². The van der Waals surface area contributed by atoms with Gasteiger partial charge in [-0.3, -0.25) is 0 Å². The zero-order valence-corrected chi connectivity index (χ0v) is 15.0. The molecular formula is C21H26NOS+. The molecular weight excluding hydrogens is 314 g/mol. The van der Waals surface area contributed by atoms with Crippen LogP contribution in [0, 0.1) is 0 Å². The van der Waals surface area contributed by atoms with E-state index in [0.29, 0.717) is 0 Å². The molecule has 2 aliphatic rings. The molecule has 2 heterocycles. The molecule has 0 saturated carbocycles. The fourth-order valence-corrected chi connectivity index (χ4v) is 4.92. The number of likely N-dealkylation sites (tertiary alicyclic amines) is 1. The number of benzene rings is 2. The lowest BCUT2D eigenvalue weighted by molar-refractivity contribution is -0.905. The Balaban J connectivity index is 1.48. The van der Waals surface area contributed by atoms with Crippen LogP contribution in [0.2, 0.25) is 0 Å². The number of fused-ring (bicyclic) bond motifs is 2. The van der Waals surface area contributed by atoms with E-state index in [9.17, 15) is 0 Å². The van der Waals surface area contributed by atoms with E-state index >= 15 is 0 Å². The first-order chi connectivity index (χ1) is 11.9. The average molecular weight is 341 g/mol. The summed E-state index contributed by atoms with van der Waals surface area (Å²) in [5.74, 6) is 1.04. The standard InChI is InChI=1S/C21H25NOS/c1-6-14-22(15-7-1)16-8-11-18-17-9-2-4-12-20(17)24-21-13-5-3-10-19(21)23-18/h2-5,9-10,12-13,18H,1,6-8,11,14-16H2/p+1/t18-/m1/s1. The maximum atomic E-state index is 6.44. The molecule has 0 amide bonds. The van der Waals surface area contributed by atoms with Crippen LogP contribution in [0.15, 0.2) is 58.3 Å². The number of ether oxygens (including phenoxy) is 1. The van der Waals surface area contributed by atoms with E-state index in [-0.39, 0.29) is 6.10 Å². The summed E-state index contributed by atoms with van der Waals surface area (Å²) in [5, 5.41) is 0. The molecule has 3 heteroatoms. The Hall–Kier alpha value is -1.45. The van der Waals surface area contributed by atoms with Crippen molar-refractivity contribution in [3.63, 3.8) is 0 Å². The molecule has 1 saturated heterocycles. The molecule has 2 aromatic carbocycles. The number of rotatable bonds is 4. The molecule has 1 N–H and O–H groups in total. The van der Waals surface area contributed by atoms with Crippen LogP contribution in [-0.2, 0) is 0 Å². The lowest BCUT2D eigenvalue weighted by Crippen LogP contribution is -3.12. The number of hydrogen-bond donors (Lipinski definition) is 1. The van der Waals surface area contributed by atoms with Gasteiger partial charge in [0.2, 0.25) is 0 Å². The first-order valence-corrected chi connectivity index (χ1v) is 10.1. The van der Waals surface area contributed by atoms with E-state index in [1.54, 1.807) is 4.90 Å². The molecule has 2 aliphatic heterocycles. The maximum absolute atomic E-state index is 6.44. The van der Waals surface area contributed by atoms with E-state index in [0.717, 1.165) is 12.2 Å². The molecule has 0 unspecified atom stereocenters. The molecule has 2 aromatic rings. The van der Waals surface area contributed by atoms with Gasteiger partial charge in [0, 0.05) is 16.9 Å². The van der Waals surface area contributed by atoms with Crippen LogP contribution in [0.25, 0.3) is 0 Å². The van der Waals surface area contributed by atoms with Gasteiger partial charge in [-0.05, 0) is 43.9 Å². The van der Waals surface area contributed by atoms with Crippen molar-refractivity contribution >= 4 is 11.8 Å². The molecule has 0 spiro atoms. The summed E-state index contributed by atoms with van der Waals surface area (Å²) < 4.78 is 6.44. The highest BCUT2D eigenvalue weighted by atomic mass is 32.2. The molecule has 24 heavy (non-hydrogen) atoms. The number of quaternary nitrogens is 1. The van der Waals surface area contributed by atoms with Crippen molar-refractivity contribution in [3.8, 4) is 5.75 Å². The van der Waals surface area contributed by atoms with E-state index in [4.69, 9.17) is 4.74 Å². The van der Waals surface area contributed by atoms with Crippen molar-refractivity contribution in [3.05, 3.63) is 54.1 Å². The number of nitrogens with one attached hydrogen (secondary N) is 1. The lowest BCUT2D eigenvalue weighted by atomic mass is 10.0. The first-order valence-electron chi connectivity index (χ1n) is 9.26. The van der Waals surface area contributed by atoms with Crippen molar-refractivity contribution in [2.45, 2.75) is 48.0 Å². The minimum Gasteiger partial charge on any atom is -0.485 e. The Morgan fingerprint density at radius 1 is 0.917 bits per heavy atom. The van der Waals surface area contributed by atoms with Gasteiger partial charge >= 0.3 is 0 Å². The van der Waals surface area contributed by atoms with Crippen LogP contribution < -0.4 is 9.64 Å². The summed E-state index contributed by atoms with van der Waals surface area (Å²) in [6.45, 7) is 4.01. The maximum Gasteiger partial charge on any atom is 0.134 e. The Labute approximate surface area is 149 Å². The van der Waals surface area contributed by atoms with Gasteiger partial charge in [0.25, 0.3) is 0 Å². The third-order valence-corrected chi connectivity index (χ3v) is 6.31. The predicted octanol–water partition coefficient (Wildman–Crippen LogP) is 4.12. The van der Waals surface area contributed by atoms with Crippen LogP contribution in [0.4, 0.5) is 0 Å². The summed E-state index contributed by atoms with van der Waals surface area (Å²) in [6.07, 6.45) is 6.76. The second-order valence-electron chi connectivity index (χ2n) is 6.90. The quantitative estimate of drug-likeness (QED) is 0.900. The second kappa shape index (κ2) is 7.62. The zero-order valence-electron chi connectivity index (χ0n) is 14.2. The van der Waals surface area contributed by atoms with Crippen LogP contribution in [0.1, 0.15) is 43.8 Å². The molecule has 1 fully saturated rings. The number of hydrogen-bond acceptors (Lipinski definition) is 2. The molecule has 1 atom stereocenters. The van der Waals surface area contributed by atoms with Crippen molar-refractivity contribution in [2.24, 2.45) is 0 Å². The topological polar surface area (TPSA) is 13.7 Å². The van der Waals surface area contributed by atoms with Gasteiger partial charge in [-0.1, -0.05) is 42.1 Å². The SMILES string of the molecule is c1ccc2c(c1)O[C@H](CCC[NH+]1CCCCC1)c1ccccc1S2. The van der Waals surface area contributed by atoms with Gasteiger partial charge in [-0.15, -0.1) is 0 Å². The van der Waals surface area contributed by atoms with Crippen LogP contribution >= 0.6 is 11.8 Å². The summed E-state index contributed by atoms with van der Waals surface area (Å²) in [4.78, 5) is 4.37. The van der Waals surface area contributed by atoms with Gasteiger partial charge in [0.05, 0.1) is 24.5 Å². The van der Waals surface area contributed by atoms with Gasteiger partial charge in [0.1, 0.15) is 11.9 Å². The van der Waals surface area contributed by atoms with Crippen molar-refractivity contribution in [1.82, 2.24) is 0 Å². The fraction of sp³-hybridized carbons (Fsp3) is 0.429. The van der Waals surface area contributed by atoms with Gasteiger partial charge in [0.15, 0.2) is 0 Å². The Morgan fingerprint density at radius 3 is 2.54 bits per heavy atom. The molecule has 0 radical (unpaired) electrons. The Morgan fingerprint density at radius 2 is 1.67 bits per heavy atom. The fourth-order valence-electron chi connectivity index (χ4n) is 3.86. The van der Waals surface area contributed by atoms with E-state index < -0.39 is 0 Å². The third kappa shape index (κ3) is 3.62. The van der Waals surface area contributed by atoms with Gasteiger partial charge in [-0.25, -0.2) is 0 Å². The Bertz CT molecular complexity index is 681. The number of piperidine rings is 1. The van der Waals surface area contributed by atoms with Crippen LogP contribution in [-0.4, -0.2) is 19.6 Å². The summed E-state index contributed by atoms with van der Waals surface area (Å²) in [6, 6.07) is 17.2. The minimum absolute atomic E-state index is 0.182. The highest BCUT2D eigenvalue weighted by molar-refractivity contribution is 7.99. The lowest BCUT2D eigenvalue weighted by Gasteiger charge is -2.25. The van der Waals surface area contributed by atoms with Gasteiger partial charge < -0.3 is 9.64 Å². The average Bonchev–Trinajstić information content (AvgIpc) is 2.79. The van der Waals surface area contributed by atoms with E-state index in [1.165, 1.54) is 60.7 Å². The largest absolute Gasteiger partial charge is 0.485 e. The normalized spacial score (nSPS) is 20.6. The smallest absolute Gasteiger partial charge is 0.134 e. The second-order valence-corrected chi connectivity index (χ2v) is 7.98. The molecule has 4 rings (SSSR count). The molecule has 0 aromatic heterocycles. The van der Waals surface area contributed by atoms with E-state index in [1.807, 2.05) is 11.8 Å². The van der Waals surface area contributed by atoms with Crippen molar-refractivity contribution < 1.29 is 9.64 Å². The molecule has 126 valence electrons. The van der Waals surface area contributed by atoms with Crippen LogP contribution in [0.3, 0.4) is 0 Å². The first kappa shape index (κ1) is 16.0. The highest BCUT2D eigenvalue weighted by Gasteiger charge is 2.24. The molecule has 0 aliphatic carbocycles. The van der Waals surface area contributed by atoms with E-state index in [2.05, 4.69) is 48.5 Å². The Kier molecular flexibility index (Phi) is 5.10.